The zero-order valence-corrected chi connectivity index (χ0v) is 20.3. The minimum atomic E-state index is -1.11. The molecule has 0 saturated heterocycles. The third-order valence-electron chi connectivity index (χ3n) is 7.23. The van der Waals surface area contributed by atoms with Crippen LogP contribution in [0, 0.1) is 0 Å². The molecule has 1 aromatic carbocycles. The van der Waals surface area contributed by atoms with E-state index in [1.165, 1.54) is 12.8 Å². The van der Waals surface area contributed by atoms with E-state index in [1.54, 1.807) is 35.1 Å². The highest BCUT2D eigenvalue weighted by atomic mass is 16.5. The fourth-order valence-electron chi connectivity index (χ4n) is 5.15. The lowest BCUT2D eigenvalue weighted by atomic mass is 9.93. The summed E-state index contributed by atoms with van der Waals surface area (Å²) in [5.41, 5.74) is 0.809. The summed E-state index contributed by atoms with van der Waals surface area (Å²) in [7, 11) is 1.62. The van der Waals surface area contributed by atoms with E-state index >= 15 is 0 Å². The van der Waals surface area contributed by atoms with Crippen LogP contribution in [0.25, 0.3) is 11.5 Å². The van der Waals surface area contributed by atoms with Crippen LogP contribution in [-0.4, -0.2) is 45.2 Å². The van der Waals surface area contributed by atoms with Gasteiger partial charge in [0.25, 0.3) is 5.91 Å². The lowest BCUT2D eigenvalue weighted by molar-refractivity contribution is -0.134. The van der Waals surface area contributed by atoms with Crippen LogP contribution in [0.5, 0.6) is 5.75 Å². The average molecular weight is 477 g/mol. The van der Waals surface area contributed by atoms with E-state index in [-0.39, 0.29) is 30.9 Å². The summed E-state index contributed by atoms with van der Waals surface area (Å²) in [4.78, 5) is 29.4. The van der Waals surface area contributed by atoms with E-state index < -0.39 is 5.54 Å². The first-order chi connectivity index (χ1) is 17.0. The van der Waals surface area contributed by atoms with E-state index in [1.807, 2.05) is 37.3 Å². The smallest absolute Gasteiger partial charge is 0.273 e. The highest BCUT2D eigenvalue weighted by molar-refractivity contribution is 6.00. The number of aromatic nitrogens is 2. The fourth-order valence-corrected chi connectivity index (χ4v) is 5.15. The molecule has 0 unspecified atom stereocenters. The fraction of sp³-hybridized carbons (Fsp3) is 0.444. The average Bonchev–Trinajstić information content (AvgIpc) is 3.47. The second kappa shape index (κ2) is 9.60. The Balaban J connectivity index is 1.49. The third-order valence-corrected chi connectivity index (χ3v) is 7.23. The molecule has 0 spiro atoms. The maximum Gasteiger partial charge on any atom is 0.273 e. The monoisotopic (exact) mass is 476 g/mol. The van der Waals surface area contributed by atoms with Crippen LogP contribution < -0.4 is 10.1 Å². The van der Waals surface area contributed by atoms with E-state index in [0.29, 0.717) is 22.9 Å². The van der Waals surface area contributed by atoms with Crippen molar-refractivity contribution in [3.8, 4) is 17.2 Å². The normalized spacial score (nSPS) is 20.9. The summed E-state index contributed by atoms with van der Waals surface area (Å²) in [6.45, 7) is 2.39. The standard InChI is InChI=1S/C27H32N4O4/c1-27(26(33)28-20-10-5-3-4-6-11-20)18-31-23(16-22(29-31)24-13-8-14-35-24)25(32)30(27)17-19-9-7-12-21(15-19)34-2/h7-9,12-16,20H,3-6,10-11,17-18H2,1-2H3,(H,28,33)/t27-/m0/s1. The van der Waals surface area contributed by atoms with E-state index in [4.69, 9.17) is 9.15 Å². The lowest BCUT2D eigenvalue weighted by Gasteiger charge is -2.44. The molecule has 0 radical (unpaired) electrons. The Labute approximate surface area is 205 Å². The molecule has 3 aromatic rings. The molecule has 1 fully saturated rings. The largest absolute Gasteiger partial charge is 0.497 e. The number of rotatable bonds is 6. The van der Waals surface area contributed by atoms with Gasteiger partial charge in [-0.25, -0.2) is 0 Å². The Kier molecular flexibility index (Phi) is 6.36. The van der Waals surface area contributed by atoms with Crippen LogP contribution in [0.4, 0.5) is 0 Å². The Bertz CT molecular complexity index is 1190. The van der Waals surface area contributed by atoms with Gasteiger partial charge in [-0.05, 0) is 49.6 Å². The number of nitrogens with zero attached hydrogens (tertiary/aromatic N) is 3. The Morgan fingerprint density at radius 2 is 1.97 bits per heavy atom. The predicted molar refractivity (Wildman–Crippen MR) is 131 cm³/mol. The van der Waals surface area contributed by atoms with Crippen LogP contribution in [0.3, 0.4) is 0 Å². The van der Waals surface area contributed by atoms with E-state index in [9.17, 15) is 9.59 Å². The van der Waals surface area contributed by atoms with Crippen LogP contribution in [-0.2, 0) is 17.9 Å². The molecule has 1 aliphatic heterocycles. The zero-order valence-electron chi connectivity index (χ0n) is 20.3. The number of ether oxygens (including phenoxy) is 1. The number of furan rings is 1. The molecule has 2 amide bonds. The van der Waals surface area contributed by atoms with Gasteiger partial charge in [0, 0.05) is 18.7 Å². The maximum absolute atomic E-state index is 13.8. The summed E-state index contributed by atoms with van der Waals surface area (Å²) < 4.78 is 12.5. The van der Waals surface area contributed by atoms with E-state index in [0.717, 1.165) is 31.2 Å². The van der Waals surface area contributed by atoms with Crippen molar-refractivity contribution in [3.05, 3.63) is 60.0 Å². The highest BCUT2D eigenvalue weighted by Crippen LogP contribution is 2.32. The van der Waals surface area contributed by atoms with Gasteiger partial charge in [0.15, 0.2) is 5.76 Å². The SMILES string of the molecule is COc1cccc(CN2C(=O)c3cc(-c4ccco4)nn3C[C@@]2(C)C(=O)NC2CCCCCC2)c1. The molecule has 1 saturated carbocycles. The maximum atomic E-state index is 13.8. The number of fused-ring (bicyclic) bond motifs is 1. The zero-order chi connectivity index (χ0) is 24.4. The van der Waals surface area contributed by atoms with Gasteiger partial charge in [0.2, 0.25) is 5.91 Å². The number of carbonyl (C=O) groups is 2. The summed E-state index contributed by atoms with van der Waals surface area (Å²) in [5.74, 6) is 0.926. The molecule has 8 nitrogen and oxygen atoms in total. The second-order valence-corrected chi connectivity index (χ2v) is 9.73. The first-order valence-electron chi connectivity index (χ1n) is 12.4. The molecular formula is C27H32N4O4. The summed E-state index contributed by atoms with van der Waals surface area (Å²) in [5, 5.41) is 7.90. The summed E-state index contributed by atoms with van der Waals surface area (Å²) in [6.07, 6.45) is 8.16. The lowest BCUT2D eigenvalue weighted by Crippen LogP contribution is -2.64. The van der Waals surface area contributed by atoms with Crippen molar-refractivity contribution >= 4 is 11.8 Å². The first-order valence-corrected chi connectivity index (χ1v) is 12.4. The van der Waals surface area contributed by atoms with Crippen LogP contribution in [0.2, 0.25) is 0 Å². The molecule has 1 N–H and O–H groups in total. The van der Waals surface area contributed by atoms with Gasteiger partial charge < -0.3 is 19.4 Å². The summed E-state index contributed by atoms with van der Waals surface area (Å²) >= 11 is 0. The highest BCUT2D eigenvalue weighted by Gasteiger charge is 2.48. The van der Waals surface area contributed by atoms with Gasteiger partial charge in [0.1, 0.15) is 22.7 Å². The minimum Gasteiger partial charge on any atom is -0.497 e. The number of carbonyl (C=O) groups excluding carboxylic acids is 2. The predicted octanol–water partition coefficient (Wildman–Crippen LogP) is 4.41. The molecule has 5 rings (SSSR count). The third kappa shape index (κ3) is 4.57. The molecule has 1 atom stereocenters. The van der Waals surface area contributed by atoms with Crippen molar-refractivity contribution in [2.24, 2.45) is 0 Å². The second-order valence-electron chi connectivity index (χ2n) is 9.73. The minimum absolute atomic E-state index is 0.133. The number of hydrogen-bond donors (Lipinski definition) is 1. The van der Waals surface area contributed by atoms with Crippen molar-refractivity contribution in [3.63, 3.8) is 0 Å². The van der Waals surface area contributed by atoms with Crippen LogP contribution in [0.1, 0.15) is 61.5 Å². The molecular weight excluding hydrogens is 444 g/mol. The molecule has 3 heterocycles. The molecule has 184 valence electrons. The van der Waals surface area contributed by atoms with Crippen LogP contribution in [0.15, 0.2) is 53.1 Å². The Morgan fingerprint density at radius 3 is 2.69 bits per heavy atom. The number of amides is 2. The number of nitrogens with one attached hydrogen (secondary N) is 1. The van der Waals surface area contributed by atoms with Gasteiger partial charge in [-0.3, -0.25) is 14.3 Å². The summed E-state index contributed by atoms with van der Waals surface area (Å²) in [6, 6.07) is 13.1. The van der Waals surface area contributed by atoms with Crippen molar-refractivity contribution in [2.75, 3.05) is 7.11 Å². The number of hydrogen-bond acceptors (Lipinski definition) is 5. The first kappa shape index (κ1) is 23.2. The van der Waals surface area contributed by atoms with Gasteiger partial charge in [-0.2, -0.15) is 5.10 Å². The van der Waals surface area contributed by atoms with Crippen molar-refractivity contribution < 1.29 is 18.7 Å². The molecule has 8 heteroatoms. The van der Waals surface area contributed by atoms with Gasteiger partial charge in [0.05, 0.1) is 19.9 Å². The molecule has 1 aliphatic carbocycles. The Morgan fingerprint density at radius 1 is 1.17 bits per heavy atom. The number of benzene rings is 1. The molecule has 2 aliphatic rings. The Hall–Kier alpha value is -3.55. The topological polar surface area (TPSA) is 89.6 Å². The quantitative estimate of drug-likeness (QED) is 0.533. The molecule has 2 aromatic heterocycles. The van der Waals surface area contributed by atoms with Gasteiger partial charge in [-0.1, -0.05) is 37.8 Å². The van der Waals surface area contributed by atoms with Crippen molar-refractivity contribution in [1.82, 2.24) is 20.0 Å². The molecule has 0 bridgehead atoms. The van der Waals surface area contributed by atoms with Gasteiger partial charge >= 0.3 is 0 Å². The van der Waals surface area contributed by atoms with E-state index in [2.05, 4.69) is 10.4 Å². The number of methoxy groups -OCH3 is 1. The van der Waals surface area contributed by atoms with Crippen molar-refractivity contribution in [2.45, 2.75) is 70.1 Å². The van der Waals surface area contributed by atoms with Crippen molar-refractivity contribution in [1.29, 1.82) is 0 Å². The molecule has 35 heavy (non-hydrogen) atoms. The van der Waals surface area contributed by atoms with Gasteiger partial charge in [-0.15, -0.1) is 0 Å². The van der Waals surface area contributed by atoms with Crippen LogP contribution >= 0.6 is 0 Å².